The minimum absolute atomic E-state index is 0.0790. The van der Waals surface area contributed by atoms with Gasteiger partial charge in [-0.05, 0) is 25.9 Å². The average Bonchev–Trinajstić information content (AvgIpc) is 2.04. The third-order valence-electron chi connectivity index (χ3n) is 2.59. The number of ether oxygens (including phenoxy) is 1. The lowest BCUT2D eigenvalue weighted by atomic mass is 10.1. The van der Waals surface area contributed by atoms with E-state index in [-0.39, 0.29) is 6.04 Å². The zero-order chi connectivity index (χ0) is 7.68. The molecule has 0 radical (unpaired) electrons. The third kappa shape index (κ3) is 1.40. The normalized spacial score (nSPS) is 40.1. The average molecular weight is 159 g/mol. The molecule has 0 bridgehead atoms. The molecular weight excluding hydrogens is 145 g/mol. The highest BCUT2D eigenvalue weighted by Gasteiger charge is 2.37. The molecule has 2 fully saturated rings. The minimum atomic E-state index is -1.01. The van der Waals surface area contributed by atoms with Crippen molar-refractivity contribution in [3.8, 4) is 0 Å². The van der Waals surface area contributed by atoms with E-state index in [0.29, 0.717) is 6.61 Å². The van der Waals surface area contributed by atoms with E-state index >= 15 is 0 Å². The lowest BCUT2D eigenvalue weighted by Gasteiger charge is -2.41. The highest BCUT2D eigenvalue weighted by Crippen LogP contribution is 2.23. The van der Waals surface area contributed by atoms with Crippen LogP contribution in [0.5, 0.6) is 0 Å². The van der Waals surface area contributed by atoms with Crippen LogP contribution < -0.4 is 0 Å². The Morgan fingerprint density at radius 2 is 1.91 bits per heavy atom. The van der Waals surface area contributed by atoms with Crippen LogP contribution in [0.4, 0.5) is 4.39 Å². The Labute approximate surface area is 66.3 Å². The van der Waals surface area contributed by atoms with E-state index in [1.165, 1.54) is 19.3 Å². The van der Waals surface area contributed by atoms with Crippen molar-refractivity contribution in [1.29, 1.82) is 0 Å². The molecule has 0 spiro atoms. The molecular formula is C8H14FNO. The Bertz CT molecular complexity index is 136. The Morgan fingerprint density at radius 3 is 2.36 bits per heavy atom. The molecule has 0 aromatic rings. The summed E-state index contributed by atoms with van der Waals surface area (Å²) in [4.78, 5) is 2.22. The zero-order valence-corrected chi connectivity index (χ0v) is 6.63. The molecule has 3 heteroatoms. The van der Waals surface area contributed by atoms with Gasteiger partial charge in [0.05, 0.1) is 12.6 Å². The van der Waals surface area contributed by atoms with E-state index in [0.717, 1.165) is 13.1 Å². The van der Waals surface area contributed by atoms with Crippen molar-refractivity contribution in [2.24, 2.45) is 0 Å². The Kier molecular flexibility index (Phi) is 2.09. The van der Waals surface area contributed by atoms with Gasteiger partial charge in [0.1, 0.15) is 0 Å². The van der Waals surface area contributed by atoms with Crippen LogP contribution in [0.25, 0.3) is 0 Å². The summed E-state index contributed by atoms with van der Waals surface area (Å²) in [5, 5.41) is 0. The fourth-order valence-corrected chi connectivity index (χ4v) is 1.78. The van der Waals surface area contributed by atoms with Gasteiger partial charge in [-0.1, -0.05) is 6.42 Å². The number of alkyl halides is 1. The van der Waals surface area contributed by atoms with E-state index in [2.05, 4.69) is 9.64 Å². The lowest BCUT2D eigenvalue weighted by molar-refractivity contribution is -0.200. The number of hydrogen-bond acceptors (Lipinski definition) is 2. The molecule has 64 valence electrons. The SMILES string of the molecule is F[C@@H]1OCC1N1CCCCC1. The second kappa shape index (κ2) is 3.07. The molecule has 1 unspecified atom stereocenters. The standard InChI is InChI=1S/C8H14FNO/c9-8-7(6-11-8)10-4-2-1-3-5-10/h7-8H,1-6H2/t7?,8-/m1/s1. The highest BCUT2D eigenvalue weighted by atomic mass is 19.1. The summed E-state index contributed by atoms with van der Waals surface area (Å²) in [6, 6.07) is 0.0790. The van der Waals surface area contributed by atoms with Crippen LogP contribution in [0.3, 0.4) is 0 Å². The number of piperidine rings is 1. The second-order valence-corrected chi connectivity index (χ2v) is 3.35. The van der Waals surface area contributed by atoms with Crippen LogP contribution in [0, 0.1) is 0 Å². The molecule has 11 heavy (non-hydrogen) atoms. The molecule has 2 heterocycles. The van der Waals surface area contributed by atoms with Crippen molar-refractivity contribution in [2.75, 3.05) is 19.7 Å². The van der Waals surface area contributed by atoms with Crippen molar-refractivity contribution in [3.63, 3.8) is 0 Å². The largest absolute Gasteiger partial charge is 0.345 e. The van der Waals surface area contributed by atoms with Crippen molar-refractivity contribution >= 4 is 0 Å². The lowest BCUT2D eigenvalue weighted by Crippen LogP contribution is -2.55. The maximum atomic E-state index is 12.7. The van der Waals surface area contributed by atoms with Gasteiger partial charge >= 0.3 is 0 Å². The van der Waals surface area contributed by atoms with Crippen LogP contribution in [0.15, 0.2) is 0 Å². The number of likely N-dealkylation sites (tertiary alicyclic amines) is 1. The van der Waals surface area contributed by atoms with Gasteiger partial charge in [-0.25, -0.2) is 4.39 Å². The molecule has 0 aromatic heterocycles. The fraction of sp³-hybridized carbons (Fsp3) is 1.00. The third-order valence-corrected chi connectivity index (χ3v) is 2.59. The first-order chi connectivity index (χ1) is 5.38. The van der Waals surface area contributed by atoms with Crippen LogP contribution >= 0.6 is 0 Å². The molecule has 2 aliphatic rings. The van der Waals surface area contributed by atoms with E-state index in [9.17, 15) is 4.39 Å². The minimum Gasteiger partial charge on any atom is -0.345 e. The Morgan fingerprint density at radius 1 is 1.18 bits per heavy atom. The molecule has 2 atom stereocenters. The van der Waals surface area contributed by atoms with E-state index in [1.54, 1.807) is 0 Å². The van der Waals surface area contributed by atoms with Crippen LogP contribution in [-0.4, -0.2) is 37.0 Å². The first kappa shape index (κ1) is 7.50. The molecule has 2 rings (SSSR count). The van der Waals surface area contributed by atoms with Gasteiger partial charge in [0.2, 0.25) is 6.36 Å². The first-order valence-electron chi connectivity index (χ1n) is 4.37. The quantitative estimate of drug-likeness (QED) is 0.569. The first-order valence-corrected chi connectivity index (χ1v) is 4.37. The summed E-state index contributed by atoms with van der Waals surface area (Å²) in [7, 11) is 0. The van der Waals surface area contributed by atoms with Gasteiger partial charge in [-0.3, -0.25) is 4.90 Å². The van der Waals surface area contributed by atoms with Crippen molar-refractivity contribution < 1.29 is 9.13 Å². The zero-order valence-electron chi connectivity index (χ0n) is 6.63. The molecule has 2 nitrogen and oxygen atoms in total. The molecule has 0 N–H and O–H groups in total. The maximum Gasteiger partial charge on any atom is 0.216 e. The van der Waals surface area contributed by atoms with Crippen LogP contribution in [-0.2, 0) is 4.74 Å². The van der Waals surface area contributed by atoms with Gasteiger partial charge in [-0.2, -0.15) is 0 Å². The summed E-state index contributed by atoms with van der Waals surface area (Å²) in [5.41, 5.74) is 0. The summed E-state index contributed by atoms with van der Waals surface area (Å²) in [6.07, 6.45) is 2.75. The number of nitrogens with zero attached hydrogens (tertiary/aromatic N) is 1. The van der Waals surface area contributed by atoms with Crippen molar-refractivity contribution in [1.82, 2.24) is 4.90 Å². The summed E-state index contributed by atoms with van der Waals surface area (Å²) in [6.45, 7) is 2.73. The molecule has 2 aliphatic heterocycles. The molecule has 2 saturated heterocycles. The number of halogens is 1. The summed E-state index contributed by atoms with van der Waals surface area (Å²) < 4.78 is 17.4. The molecule has 0 saturated carbocycles. The molecule has 0 aliphatic carbocycles. The fourth-order valence-electron chi connectivity index (χ4n) is 1.78. The Balaban J connectivity index is 1.83. The van der Waals surface area contributed by atoms with Gasteiger partial charge < -0.3 is 4.74 Å². The van der Waals surface area contributed by atoms with E-state index in [4.69, 9.17) is 0 Å². The van der Waals surface area contributed by atoms with Crippen LogP contribution in [0.2, 0.25) is 0 Å². The van der Waals surface area contributed by atoms with Gasteiger partial charge in [0.25, 0.3) is 0 Å². The van der Waals surface area contributed by atoms with Crippen LogP contribution in [0.1, 0.15) is 19.3 Å². The molecule has 0 aromatic carbocycles. The van der Waals surface area contributed by atoms with E-state index in [1.807, 2.05) is 0 Å². The predicted molar refractivity (Wildman–Crippen MR) is 40.1 cm³/mol. The van der Waals surface area contributed by atoms with Gasteiger partial charge in [-0.15, -0.1) is 0 Å². The Hall–Kier alpha value is -0.150. The van der Waals surface area contributed by atoms with E-state index < -0.39 is 6.36 Å². The van der Waals surface area contributed by atoms with Crippen molar-refractivity contribution in [3.05, 3.63) is 0 Å². The molecule has 0 amide bonds. The van der Waals surface area contributed by atoms with Gasteiger partial charge in [0, 0.05) is 0 Å². The number of rotatable bonds is 1. The smallest absolute Gasteiger partial charge is 0.216 e. The predicted octanol–water partition coefficient (Wildman–Crippen LogP) is 1.17. The summed E-state index contributed by atoms with van der Waals surface area (Å²) >= 11 is 0. The highest BCUT2D eigenvalue weighted by molar-refractivity contribution is 4.82. The van der Waals surface area contributed by atoms with Gasteiger partial charge in [0.15, 0.2) is 0 Å². The van der Waals surface area contributed by atoms with Crippen molar-refractivity contribution in [2.45, 2.75) is 31.7 Å². The summed E-state index contributed by atoms with van der Waals surface area (Å²) in [5.74, 6) is 0. The maximum absolute atomic E-state index is 12.7. The topological polar surface area (TPSA) is 12.5 Å². The number of hydrogen-bond donors (Lipinski definition) is 0. The monoisotopic (exact) mass is 159 g/mol. The second-order valence-electron chi connectivity index (χ2n) is 3.35.